The zero-order chi connectivity index (χ0) is 35.6. The number of methoxy groups -OCH3 is 1. The number of ether oxygens (including phenoxy) is 1. The number of rotatable bonds is 8. The maximum atomic E-state index is 13.5. The summed E-state index contributed by atoms with van der Waals surface area (Å²) in [7, 11) is 1.90. The first-order valence-electron chi connectivity index (χ1n) is 17.9. The monoisotopic (exact) mass is 710 g/mol. The Hall–Kier alpha value is -5.00. The number of fused-ring (bicyclic) bond motifs is 2. The van der Waals surface area contributed by atoms with Gasteiger partial charge >= 0.3 is 5.97 Å². The van der Waals surface area contributed by atoms with Gasteiger partial charge in [0.25, 0.3) is 5.91 Å². The Morgan fingerprint density at radius 1 is 1.02 bits per heavy atom. The molecule has 52 heavy (non-hydrogen) atoms. The largest absolute Gasteiger partial charge is 0.476 e. The number of benzene rings is 2. The number of hydrogen-bond acceptors (Lipinski definition) is 8. The molecule has 5 atom stereocenters. The molecule has 0 radical (unpaired) electrons. The zero-order valence-corrected chi connectivity index (χ0v) is 30.1. The number of carbonyl (C=O) groups excluding carboxylic acids is 1. The smallest absolute Gasteiger partial charge is 0.355 e. The minimum absolute atomic E-state index is 0.0301. The van der Waals surface area contributed by atoms with Gasteiger partial charge in [-0.3, -0.25) is 14.8 Å². The van der Waals surface area contributed by atoms with Crippen LogP contribution in [0.25, 0.3) is 43.5 Å². The minimum Gasteiger partial charge on any atom is -0.476 e. The molecule has 10 nitrogen and oxygen atoms in total. The second-order valence-electron chi connectivity index (χ2n) is 16.3. The number of hydrogen-bond donors (Lipinski definition) is 2. The fourth-order valence-corrected chi connectivity index (χ4v) is 12.2. The van der Waals surface area contributed by atoms with E-state index >= 15 is 0 Å². The maximum absolute atomic E-state index is 13.5. The molecule has 262 valence electrons. The highest BCUT2D eigenvalue weighted by molar-refractivity contribution is 7.22. The third-order valence-electron chi connectivity index (χ3n) is 12.8. The van der Waals surface area contributed by atoms with Crippen molar-refractivity contribution < 1.29 is 19.4 Å². The van der Waals surface area contributed by atoms with Crippen molar-refractivity contribution in [1.29, 1.82) is 0 Å². The van der Waals surface area contributed by atoms with Gasteiger partial charge in [-0.1, -0.05) is 42.5 Å². The SMILES string of the molecule is COC12CC3(C)CC4(CC4C(Cn4ncc(-c5ccc(-c6ccc7cccc(C(=O)Nc8nc9ncccc9s8)c7c6)nc5C(=O)O)c4C)(C3)C1)C2. The van der Waals surface area contributed by atoms with E-state index in [4.69, 9.17) is 14.8 Å². The van der Waals surface area contributed by atoms with E-state index in [1.807, 2.05) is 68.6 Å². The maximum Gasteiger partial charge on any atom is 0.355 e. The molecule has 2 N–H and O–H groups in total. The number of anilines is 1. The van der Waals surface area contributed by atoms with Crippen molar-refractivity contribution >= 4 is 49.5 Å². The van der Waals surface area contributed by atoms with Gasteiger partial charge in [-0.05, 0) is 115 Å². The summed E-state index contributed by atoms with van der Waals surface area (Å²) in [5.74, 6) is -0.690. The summed E-state index contributed by atoms with van der Waals surface area (Å²) in [5, 5.41) is 20.3. The topological polar surface area (TPSA) is 132 Å². The highest BCUT2D eigenvalue weighted by atomic mass is 32.1. The molecule has 5 saturated carbocycles. The van der Waals surface area contributed by atoms with Gasteiger partial charge in [-0.2, -0.15) is 10.1 Å². The van der Waals surface area contributed by atoms with Gasteiger partial charge in [-0.25, -0.2) is 14.8 Å². The molecule has 0 aliphatic heterocycles. The first-order chi connectivity index (χ1) is 25.0. The molecule has 11 rings (SSSR count). The van der Waals surface area contributed by atoms with E-state index in [2.05, 4.69) is 26.9 Å². The standard InChI is InChI=1S/C41H38N6O4S/c1-23-29(16-43-47(23)22-40-18-38(2)17-39(15-32(39)40)20-41(19-38,21-40)51-3)26-11-12-30(44-33(26)36(49)50)25-10-9-24-6-4-7-27(28(24)14-25)35(48)46-37-45-34-31(52-37)8-5-13-42-34/h4-14,16,32H,15,17-22H2,1-3H3,(H,49,50)(H,42,45,46,48). The van der Waals surface area contributed by atoms with Gasteiger partial charge in [-0.15, -0.1) is 0 Å². The van der Waals surface area contributed by atoms with E-state index in [0.29, 0.717) is 49.9 Å². The van der Waals surface area contributed by atoms with E-state index in [1.165, 1.54) is 37.0 Å². The second kappa shape index (κ2) is 10.8. The lowest BCUT2D eigenvalue weighted by molar-refractivity contribution is -0.215. The molecule has 2 aromatic carbocycles. The number of thiazole rings is 1. The number of pyridine rings is 2. The van der Waals surface area contributed by atoms with E-state index in [-0.39, 0.29) is 22.6 Å². The van der Waals surface area contributed by atoms with Crippen molar-refractivity contribution in [2.45, 2.75) is 64.5 Å². The second-order valence-corrected chi connectivity index (χ2v) is 17.3. The van der Waals surface area contributed by atoms with Crippen LogP contribution in [0.3, 0.4) is 0 Å². The summed E-state index contributed by atoms with van der Waals surface area (Å²) in [6.45, 7) is 5.33. The Morgan fingerprint density at radius 2 is 1.90 bits per heavy atom. The van der Waals surface area contributed by atoms with Crippen LogP contribution in [-0.4, -0.2) is 54.4 Å². The zero-order valence-electron chi connectivity index (χ0n) is 29.3. The van der Waals surface area contributed by atoms with E-state index in [1.54, 1.807) is 18.5 Å². The number of carboxylic acids is 1. The summed E-state index contributed by atoms with van der Waals surface area (Å²) < 4.78 is 9.31. The van der Waals surface area contributed by atoms with E-state index in [0.717, 1.165) is 46.1 Å². The number of carboxylic acid groups (broad SMARTS) is 1. The van der Waals surface area contributed by atoms with Gasteiger partial charge < -0.3 is 9.84 Å². The average molecular weight is 711 g/mol. The Bertz CT molecular complexity index is 2470. The number of amides is 1. The van der Waals surface area contributed by atoms with Crippen LogP contribution in [0.15, 0.2) is 73.1 Å². The molecule has 4 aromatic heterocycles. The summed E-state index contributed by atoms with van der Waals surface area (Å²) in [4.78, 5) is 39.7. The predicted octanol–water partition coefficient (Wildman–Crippen LogP) is 8.40. The first-order valence-corrected chi connectivity index (χ1v) is 18.7. The summed E-state index contributed by atoms with van der Waals surface area (Å²) >= 11 is 1.37. The minimum atomic E-state index is -1.11. The first kappa shape index (κ1) is 31.7. The molecule has 6 aromatic rings. The van der Waals surface area contributed by atoms with Crippen molar-refractivity contribution in [3.8, 4) is 22.4 Å². The highest BCUT2D eigenvalue weighted by Crippen LogP contribution is 2.84. The molecule has 5 unspecified atom stereocenters. The molecular formula is C41H38N6O4S. The van der Waals surface area contributed by atoms with Crippen LogP contribution >= 0.6 is 11.3 Å². The van der Waals surface area contributed by atoms with Gasteiger partial charge in [0, 0.05) is 47.8 Å². The number of nitrogens with one attached hydrogen (secondary N) is 1. The van der Waals surface area contributed by atoms with E-state index < -0.39 is 5.97 Å². The van der Waals surface area contributed by atoms with Crippen LogP contribution in [-0.2, 0) is 11.3 Å². The number of aromatic nitrogens is 5. The normalized spacial score (nSPS) is 28.3. The molecule has 5 aliphatic rings. The molecule has 1 spiro atoms. The van der Waals surface area contributed by atoms with Gasteiger partial charge in [0.15, 0.2) is 16.5 Å². The van der Waals surface area contributed by atoms with Crippen LogP contribution in [0.1, 0.15) is 72.0 Å². The fraction of sp³-hybridized carbons (Fsp3) is 0.366. The molecule has 4 bridgehead atoms. The molecule has 1 amide bonds. The highest BCUT2D eigenvalue weighted by Gasteiger charge is 2.78. The fourth-order valence-electron chi connectivity index (χ4n) is 11.3. The third-order valence-corrected chi connectivity index (χ3v) is 13.7. The predicted molar refractivity (Wildman–Crippen MR) is 199 cm³/mol. The van der Waals surface area contributed by atoms with Crippen molar-refractivity contribution in [2.24, 2.45) is 22.2 Å². The summed E-state index contributed by atoms with van der Waals surface area (Å²) in [6, 6.07) is 18.7. The Kier molecular flexibility index (Phi) is 6.57. The Balaban J connectivity index is 0.962. The molecular weight excluding hydrogens is 673 g/mol. The Labute approximate surface area is 304 Å². The number of carbonyl (C=O) groups is 2. The van der Waals surface area contributed by atoms with Gasteiger partial charge in [0.05, 0.1) is 22.2 Å². The quantitative estimate of drug-likeness (QED) is 0.161. The van der Waals surface area contributed by atoms with Crippen LogP contribution in [0, 0.1) is 29.1 Å². The number of aromatic carboxylic acids is 1. The van der Waals surface area contributed by atoms with Crippen molar-refractivity contribution in [1.82, 2.24) is 24.7 Å². The van der Waals surface area contributed by atoms with Crippen molar-refractivity contribution in [3.05, 3.63) is 90.0 Å². The van der Waals surface area contributed by atoms with Gasteiger partial charge in [0.2, 0.25) is 0 Å². The third kappa shape index (κ3) is 4.71. The van der Waals surface area contributed by atoms with Gasteiger partial charge in [0.1, 0.15) is 0 Å². The average Bonchev–Trinajstić information content (AvgIpc) is 3.50. The molecule has 4 heterocycles. The van der Waals surface area contributed by atoms with Crippen LogP contribution in [0.4, 0.5) is 5.13 Å². The lowest BCUT2D eigenvalue weighted by Crippen LogP contribution is -2.61. The van der Waals surface area contributed by atoms with Crippen LogP contribution in [0.5, 0.6) is 0 Å². The molecule has 0 saturated heterocycles. The summed E-state index contributed by atoms with van der Waals surface area (Å²) in [5.41, 5.74) is 5.33. The lowest BCUT2D eigenvalue weighted by Gasteiger charge is -2.65. The molecule has 5 aliphatic carbocycles. The van der Waals surface area contributed by atoms with Crippen LogP contribution in [0.2, 0.25) is 0 Å². The number of nitrogens with zero attached hydrogens (tertiary/aromatic N) is 5. The lowest BCUT2D eigenvalue weighted by atomic mass is 9.43. The van der Waals surface area contributed by atoms with Crippen molar-refractivity contribution in [2.75, 3.05) is 12.4 Å². The van der Waals surface area contributed by atoms with E-state index in [9.17, 15) is 14.7 Å². The van der Waals surface area contributed by atoms with Crippen LogP contribution < -0.4 is 5.32 Å². The Morgan fingerprint density at radius 3 is 2.73 bits per heavy atom. The summed E-state index contributed by atoms with van der Waals surface area (Å²) in [6.07, 6.45) is 10.7. The van der Waals surface area contributed by atoms with Crippen molar-refractivity contribution in [3.63, 3.8) is 0 Å². The molecule has 5 fully saturated rings. The molecule has 11 heteroatoms.